The summed E-state index contributed by atoms with van der Waals surface area (Å²) in [4.78, 5) is 5.22. The summed E-state index contributed by atoms with van der Waals surface area (Å²) in [6.45, 7) is 5.65. The van der Waals surface area contributed by atoms with E-state index in [1.54, 1.807) is 7.11 Å². The number of aryl methyl sites for hydroxylation is 1. The highest BCUT2D eigenvalue weighted by atomic mass is 16.5. The van der Waals surface area contributed by atoms with Gasteiger partial charge in [0.2, 0.25) is 0 Å². The van der Waals surface area contributed by atoms with E-state index in [2.05, 4.69) is 65.3 Å². The zero-order valence-corrected chi connectivity index (χ0v) is 14.6. The van der Waals surface area contributed by atoms with Crippen molar-refractivity contribution in [3.05, 3.63) is 59.7 Å². The maximum atomic E-state index is 5.65. The monoisotopic (exact) mass is 322 g/mol. The predicted molar refractivity (Wildman–Crippen MR) is 98.9 cm³/mol. The fourth-order valence-electron chi connectivity index (χ4n) is 4.30. The Morgan fingerprint density at radius 3 is 2.67 bits per heavy atom. The van der Waals surface area contributed by atoms with Crippen LogP contribution in [0.3, 0.4) is 0 Å². The molecule has 0 radical (unpaired) electrons. The predicted octanol–water partition coefficient (Wildman–Crippen LogP) is 3.89. The normalized spacial score (nSPS) is 21.8. The third kappa shape index (κ3) is 2.67. The lowest BCUT2D eigenvalue weighted by molar-refractivity contribution is 0.164. The van der Waals surface area contributed by atoms with Crippen molar-refractivity contribution in [3.63, 3.8) is 0 Å². The number of hydrogen-bond donors (Lipinski definition) is 0. The summed E-state index contributed by atoms with van der Waals surface area (Å²) >= 11 is 0. The van der Waals surface area contributed by atoms with E-state index in [1.807, 2.05) is 0 Å². The molecule has 24 heavy (non-hydrogen) atoms. The van der Waals surface area contributed by atoms with E-state index in [4.69, 9.17) is 4.74 Å². The zero-order chi connectivity index (χ0) is 16.5. The van der Waals surface area contributed by atoms with Crippen LogP contribution in [0.25, 0.3) is 0 Å². The Morgan fingerprint density at radius 1 is 1.04 bits per heavy atom. The molecule has 4 rings (SSSR count). The van der Waals surface area contributed by atoms with Gasteiger partial charge in [-0.2, -0.15) is 0 Å². The molecule has 0 aromatic heterocycles. The van der Waals surface area contributed by atoms with Gasteiger partial charge in [0.15, 0.2) is 0 Å². The quantitative estimate of drug-likeness (QED) is 0.852. The first-order valence-corrected chi connectivity index (χ1v) is 8.99. The molecule has 0 saturated carbocycles. The van der Waals surface area contributed by atoms with E-state index in [0.29, 0.717) is 12.1 Å². The number of nitrogens with zero attached hydrogens (tertiary/aromatic N) is 2. The second-order valence-corrected chi connectivity index (χ2v) is 6.94. The largest absolute Gasteiger partial charge is 0.495 e. The number of anilines is 1. The van der Waals surface area contributed by atoms with Crippen molar-refractivity contribution in [1.29, 1.82) is 0 Å². The Bertz CT molecular complexity index is 686. The second-order valence-electron chi connectivity index (χ2n) is 6.94. The molecule has 0 aliphatic carbocycles. The van der Waals surface area contributed by atoms with Crippen LogP contribution in [0.4, 0.5) is 5.69 Å². The Kier molecular flexibility index (Phi) is 4.19. The van der Waals surface area contributed by atoms with Crippen LogP contribution in [-0.4, -0.2) is 37.7 Å². The highest BCUT2D eigenvalue weighted by molar-refractivity contribution is 5.66. The van der Waals surface area contributed by atoms with E-state index in [9.17, 15) is 0 Å². The number of para-hydroxylation sites is 1. The molecular formula is C21H26N2O. The molecule has 0 N–H and O–H groups in total. The van der Waals surface area contributed by atoms with Gasteiger partial charge in [0.25, 0.3) is 0 Å². The molecular weight excluding hydrogens is 296 g/mol. The smallest absolute Gasteiger partial charge is 0.142 e. The summed E-state index contributed by atoms with van der Waals surface area (Å²) in [6, 6.07) is 18.4. The standard InChI is InChI=1S/C21H26N2O/c1-16(17-7-4-3-5-8-17)22-13-14-23-19(15-22)12-11-18-9-6-10-20(24-2)21(18)23/h3-10,16,19H,11-15H2,1-2H3/t16-,19-/m0/s1. The van der Waals surface area contributed by atoms with Gasteiger partial charge in [-0.25, -0.2) is 0 Å². The molecule has 3 nitrogen and oxygen atoms in total. The van der Waals surface area contributed by atoms with Crippen molar-refractivity contribution in [2.75, 3.05) is 31.6 Å². The summed E-state index contributed by atoms with van der Waals surface area (Å²) in [5.74, 6) is 1.03. The van der Waals surface area contributed by atoms with Gasteiger partial charge in [0.1, 0.15) is 5.75 Å². The number of ether oxygens (including phenoxy) is 1. The maximum absolute atomic E-state index is 5.65. The van der Waals surface area contributed by atoms with Gasteiger partial charge in [-0.05, 0) is 37.0 Å². The fraction of sp³-hybridized carbons (Fsp3) is 0.429. The number of hydrogen-bond acceptors (Lipinski definition) is 3. The molecule has 0 spiro atoms. The number of fused-ring (bicyclic) bond motifs is 3. The van der Waals surface area contributed by atoms with Crippen molar-refractivity contribution in [3.8, 4) is 5.75 Å². The van der Waals surface area contributed by atoms with Gasteiger partial charge in [0.05, 0.1) is 12.8 Å². The van der Waals surface area contributed by atoms with E-state index >= 15 is 0 Å². The first-order chi connectivity index (χ1) is 11.8. The summed E-state index contributed by atoms with van der Waals surface area (Å²) in [5.41, 5.74) is 4.19. The van der Waals surface area contributed by atoms with Crippen molar-refractivity contribution in [2.45, 2.75) is 31.8 Å². The first kappa shape index (κ1) is 15.5. The third-order valence-electron chi connectivity index (χ3n) is 5.68. The first-order valence-electron chi connectivity index (χ1n) is 8.99. The highest BCUT2D eigenvalue weighted by Crippen LogP contribution is 2.40. The van der Waals surface area contributed by atoms with Crippen LogP contribution in [0.15, 0.2) is 48.5 Å². The zero-order valence-electron chi connectivity index (χ0n) is 14.6. The fourth-order valence-corrected chi connectivity index (χ4v) is 4.30. The molecule has 2 aromatic carbocycles. The maximum Gasteiger partial charge on any atom is 0.142 e. The van der Waals surface area contributed by atoms with Crippen LogP contribution in [0.2, 0.25) is 0 Å². The van der Waals surface area contributed by atoms with E-state index in [-0.39, 0.29) is 0 Å². The highest BCUT2D eigenvalue weighted by Gasteiger charge is 2.34. The Hall–Kier alpha value is -2.00. The summed E-state index contributed by atoms with van der Waals surface area (Å²) in [6.07, 6.45) is 2.39. The van der Waals surface area contributed by atoms with E-state index < -0.39 is 0 Å². The Morgan fingerprint density at radius 2 is 1.88 bits per heavy atom. The van der Waals surface area contributed by atoms with Crippen molar-refractivity contribution in [2.24, 2.45) is 0 Å². The molecule has 0 amide bonds. The molecule has 2 heterocycles. The van der Waals surface area contributed by atoms with Gasteiger partial charge in [-0.3, -0.25) is 4.90 Å². The SMILES string of the molecule is COc1cccc2c1N1CCN([C@@H](C)c3ccccc3)C[C@@H]1CC2. The third-order valence-corrected chi connectivity index (χ3v) is 5.68. The number of rotatable bonds is 3. The number of benzene rings is 2. The molecule has 3 heteroatoms. The molecule has 1 saturated heterocycles. The minimum Gasteiger partial charge on any atom is -0.495 e. The lowest BCUT2D eigenvalue weighted by Gasteiger charge is -2.48. The van der Waals surface area contributed by atoms with Crippen molar-refractivity contribution in [1.82, 2.24) is 4.90 Å². The Labute approximate surface area is 144 Å². The van der Waals surface area contributed by atoms with Crippen molar-refractivity contribution >= 4 is 5.69 Å². The summed E-state index contributed by atoms with van der Waals surface area (Å²) < 4.78 is 5.65. The van der Waals surface area contributed by atoms with Gasteiger partial charge in [0, 0.05) is 31.7 Å². The minimum atomic E-state index is 0.479. The number of methoxy groups -OCH3 is 1. The molecule has 0 bridgehead atoms. The van der Waals surface area contributed by atoms with Crippen LogP contribution in [0.1, 0.15) is 30.5 Å². The molecule has 2 aliphatic rings. The van der Waals surface area contributed by atoms with Crippen LogP contribution in [0, 0.1) is 0 Å². The lowest BCUT2D eigenvalue weighted by atomic mass is 9.92. The average Bonchev–Trinajstić information content (AvgIpc) is 2.66. The molecule has 2 aliphatic heterocycles. The van der Waals surface area contributed by atoms with E-state index in [0.717, 1.165) is 31.8 Å². The van der Waals surface area contributed by atoms with Gasteiger partial charge in [-0.15, -0.1) is 0 Å². The van der Waals surface area contributed by atoms with Gasteiger partial charge < -0.3 is 9.64 Å². The summed E-state index contributed by atoms with van der Waals surface area (Å²) in [7, 11) is 1.78. The minimum absolute atomic E-state index is 0.479. The molecule has 0 unspecified atom stereocenters. The van der Waals surface area contributed by atoms with Crippen LogP contribution in [0.5, 0.6) is 5.75 Å². The van der Waals surface area contributed by atoms with Gasteiger partial charge >= 0.3 is 0 Å². The molecule has 2 aromatic rings. The Balaban J connectivity index is 1.55. The second kappa shape index (κ2) is 6.48. The lowest BCUT2D eigenvalue weighted by Crippen LogP contribution is -2.55. The van der Waals surface area contributed by atoms with E-state index in [1.165, 1.54) is 23.2 Å². The van der Waals surface area contributed by atoms with Gasteiger partial charge in [-0.1, -0.05) is 42.5 Å². The molecule has 1 fully saturated rings. The number of piperazine rings is 1. The van der Waals surface area contributed by atoms with Crippen LogP contribution >= 0.6 is 0 Å². The van der Waals surface area contributed by atoms with Crippen LogP contribution in [-0.2, 0) is 6.42 Å². The average molecular weight is 322 g/mol. The van der Waals surface area contributed by atoms with Crippen molar-refractivity contribution < 1.29 is 4.74 Å². The summed E-state index contributed by atoms with van der Waals surface area (Å²) in [5, 5.41) is 0. The molecule has 126 valence electrons. The topological polar surface area (TPSA) is 15.7 Å². The molecule has 2 atom stereocenters. The van der Waals surface area contributed by atoms with Crippen LogP contribution < -0.4 is 9.64 Å².